The number of amides is 1. The first kappa shape index (κ1) is 29.0. The van der Waals surface area contributed by atoms with Crippen LogP contribution >= 0.6 is 11.6 Å². The van der Waals surface area contributed by atoms with Crippen molar-refractivity contribution in [2.45, 2.75) is 57.9 Å². The lowest BCUT2D eigenvalue weighted by atomic mass is 9.65. The van der Waals surface area contributed by atoms with Gasteiger partial charge in [-0.25, -0.2) is 13.2 Å². The Morgan fingerprint density at radius 3 is 2.44 bits per heavy atom. The molecule has 39 heavy (non-hydrogen) atoms. The third-order valence-electron chi connectivity index (χ3n) is 7.52. The number of nitrogens with one attached hydrogen (secondary N) is 1. The monoisotopic (exact) mass is 578 g/mol. The molecule has 1 heterocycles. The number of carbonyl (C=O) groups is 2. The molecule has 1 amide bonds. The van der Waals surface area contributed by atoms with Gasteiger partial charge < -0.3 is 19.1 Å². The van der Waals surface area contributed by atoms with Crippen molar-refractivity contribution >= 4 is 39.2 Å². The Bertz CT molecular complexity index is 1410. The van der Waals surface area contributed by atoms with E-state index in [1.54, 1.807) is 6.92 Å². The molecule has 2 atom stereocenters. The predicted octanol–water partition coefficient (Wildman–Crippen LogP) is 5.05. The van der Waals surface area contributed by atoms with Gasteiger partial charge in [0.2, 0.25) is 0 Å². The van der Waals surface area contributed by atoms with Gasteiger partial charge in [-0.15, -0.1) is 0 Å². The van der Waals surface area contributed by atoms with E-state index in [0.717, 1.165) is 19.3 Å². The smallest absolute Gasteiger partial charge is 0.338 e. The summed E-state index contributed by atoms with van der Waals surface area (Å²) in [6.07, 6.45) is 2.91. The molecule has 2 aromatic rings. The Kier molecular flexibility index (Phi) is 7.84. The molecule has 2 fully saturated rings. The van der Waals surface area contributed by atoms with E-state index in [1.165, 1.54) is 44.6 Å². The maximum Gasteiger partial charge on any atom is 0.338 e. The van der Waals surface area contributed by atoms with Gasteiger partial charge in [0, 0.05) is 18.7 Å². The number of fused-ring (bicyclic) bond motifs is 2. The van der Waals surface area contributed by atoms with Gasteiger partial charge in [0.15, 0.2) is 6.61 Å². The summed E-state index contributed by atoms with van der Waals surface area (Å²) in [7, 11) is -1.32. The molecular weight excluding hydrogens is 544 g/mol. The van der Waals surface area contributed by atoms with Crippen molar-refractivity contribution in [1.82, 2.24) is 4.90 Å². The average Bonchev–Trinajstić information content (AvgIpc) is 3.10. The second-order valence-corrected chi connectivity index (χ2v) is 13.7. The number of hydrogen-bond acceptors (Lipinski definition) is 7. The van der Waals surface area contributed by atoms with Crippen LogP contribution in [0, 0.1) is 17.8 Å². The number of carbonyl (C=O) groups excluding carboxylic acids is 2. The van der Waals surface area contributed by atoms with Gasteiger partial charge in [-0.1, -0.05) is 38.4 Å². The summed E-state index contributed by atoms with van der Waals surface area (Å²) in [6.45, 7) is 8.57. The van der Waals surface area contributed by atoms with Crippen molar-refractivity contribution in [2.75, 3.05) is 32.1 Å². The molecule has 2 unspecified atom stereocenters. The van der Waals surface area contributed by atoms with Crippen LogP contribution < -0.4 is 14.2 Å². The van der Waals surface area contributed by atoms with Gasteiger partial charge in [0.05, 0.1) is 35.4 Å². The fourth-order valence-electron chi connectivity index (χ4n) is 6.17. The number of methoxy groups -OCH3 is 2. The summed E-state index contributed by atoms with van der Waals surface area (Å²) in [5, 5.41) is 0.188. The highest BCUT2D eigenvalue weighted by molar-refractivity contribution is 7.92. The first-order valence-electron chi connectivity index (χ1n) is 12.7. The predicted molar refractivity (Wildman–Crippen MR) is 148 cm³/mol. The summed E-state index contributed by atoms with van der Waals surface area (Å²) in [6, 6.07) is 7.09. The van der Waals surface area contributed by atoms with Crippen LogP contribution in [0.1, 0.15) is 56.0 Å². The van der Waals surface area contributed by atoms with Crippen molar-refractivity contribution in [2.24, 2.45) is 10.8 Å². The largest absolute Gasteiger partial charge is 0.495 e. The number of ether oxygens (including phenoxy) is 3. The van der Waals surface area contributed by atoms with Crippen LogP contribution in [-0.4, -0.2) is 58.6 Å². The summed E-state index contributed by atoms with van der Waals surface area (Å²) < 4.78 is 44.6. The third kappa shape index (κ3) is 6.11. The molecule has 2 bridgehead atoms. The maximum absolute atomic E-state index is 13.2. The second kappa shape index (κ2) is 10.5. The van der Waals surface area contributed by atoms with Crippen LogP contribution in [0.4, 0.5) is 5.69 Å². The van der Waals surface area contributed by atoms with Crippen LogP contribution in [0.25, 0.3) is 0 Å². The van der Waals surface area contributed by atoms with Gasteiger partial charge in [0.25, 0.3) is 15.9 Å². The van der Waals surface area contributed by atoms with Gasteiger partial charge >= 0.3 is 5.97 Å². The molecule has 1 N–H and O–H groups in total. The van der Waals surface area contributed by atoms with Crippen molar-refractivity contribution in [3.8, 4) is 11.5 Å². The van der Waals surface area contributed by atoms with E-state index in [-0.39, 0.29) is 49.7 Å². The van der Waals surface area contributed by atoms with Gasteiger partial charge in [-0.05, 0) is 60.8 Å². The minimum absolute atomic E-state index is 0.0543. The van der Waals surface area contributed by atoms with Crippen molar-refractivity contribution in [3.63, 3.8) is 0 Å². The summed E-state index contributed by atoms with van der Waals surface area (Å²) in [5.74, 6) is -0.478. The van der Waals surface area contributed by atoms with Crippen LogP contribution in [0.15, 0.2) is 35.2 Å². The fraction of sp³-hybridized carbons (Fsp3) is 0.500. The maximum atomic E-state index is 13.2. The van der Waals surface area contributed by atoms with Crippen molar-refractivity contribution in [1.29, 1.82) is 0 Å². The second-order valence-electron chi connectivity index (χ2n) is 11.6. The highest BCUT2D eigenvalue weighted by atomic mass is 35.5. The molecule has 9 nitrogen and oxygen atoms in total. The molecule has 0 spiro atoms. The molecule has 212 valence electrons. The standard InChI is InChI=1S/C28H35ClN2O7S/c1-17-7-8-19(39(34,35)30-22-10-21(29)23(36-5)11-24(22)37-6)9-20(17)26(33)38-14-25(32)31-16-28(4)13-18(31)12-27(2,3)15-28/h7-11,18,30H,12-16H2,1-6H3. The van der Waals surface area contributed by atoms with E-state index in [2.05, 4.69) is 25.5 Å². The molecule has 1 saturated heterocycles. The van der Waals surface area contributed by atoms with Crippen molar-refractivity contribution in [3.05, 3.63) is 46.5 Å². The molecule has 0 radical (unpaired) electrons. The van der Waals surface area contributed by atoms with Crippen LogP contribution in [-0.2, 0) is 19.6 Å². The highest BCUT2D eigenvalue weighted by Crippen LogP contribution is 2.52. The third-order valence-corrected chi connectivity index (χ3v) is 9.18. The van der Waals surface area contributed by atoms with E-state index >= 15 is 0 Å². The quantitative estimate of drug-likeness (QED) is 0.436. The lowest BCUT2D eigenvalue weighted by Gasteiger charge is -2.39. The van der Waals surface area contributed by atoms with E-state index in [4.69, 9.17) is 25.8 Å². The Morgan fingerprint density at radius 2 is 1.77 bits per heavy atom. The summed E-state index contributed by atoms with van der Waals surface area (Å²) in [4.78, 5) is 27.7. The average molecular weight is 579 g/mol. The Balaban J connectivity index is 1.48. The molecule has 4 rings (SSSR count). The number of likely N-dealkylation sites (tertiary alicyclic amines) is 1. The minimum atomic E-state index is -4.14. The highest BCUT2D eigenvalue weighted by Gasteiger charge is 2.51. The number of halogens is 1. The molecule has 1 aliphatic carbocycles. The minimum Gasteiger partial charge on any atom is -0.495 e. The molecule has 1 saturated carbocycles. The molecule has 11 heteroatoms. The number of hydrogen-bond donors (Lipinski definition) is 1. The molecule has 1 aliphatic heterocycles. The summed E-state index contributed by atoms with van der Waals surface area (Å²) >= 11 is 6.17. The normalized spacial score (nSPS) is 21.8. The van der Waals surface area contributed by atoms with Gasteiger partial charge in [0.1, 0.15) is 11.5 Å². The Labute approximate surface area is 234 Å². The van der Waals surface area contributed by atoms with Gasteiger partial charge in [-0.3, -0.25) is 9.52 Å². The number of anilines is 1. The van der Waals surface area contributed by atoms with Crippen molar-refractivity contribution < 1.29 is 32.2 Å². The molecule has 0 aromatic heterocycles. The van der Waals surface area contributed by atoms with E-state index < -0.39 is 22.6 Å². The number of esters is 1. The van der Waals surface area contributed by atoms with E-state index in [1.807, 2.05) is 4.90 Å². The molecule has 2 aliphatic rings. The topological polar surface area (TPSA) is 111 Å². The Hall–Kier alpha value is -2.98. The Morgan fingerprint density at radius 1 is 1.08 bits per heavy atom. The zero-order chi connectivity index (χ0) is 28.8. The lowest BCUT2D eigenvalue weighted by Crippen LogP contribution is -2.39. The van der Waals surface area contributed by atoms with Crippen LogP contribution in [0.3, 0.4) is 0 Å². The lowest BCUT2D eigenvalue weighted by molar-refractivity contribution is -0.135. The zero-order valence-electron chi connectivity index (χ0n) is 23.1. The molecule has 2 aromatic carbocycles. The number of nitrogens with zero attached hydrogens (tertiary/aromatic N) is 1. The SMILES string of the molecule is COc1cc(OC)c(NS(=O)(=O)c2ccc(C)c(C(=O)OCC(=O)N3CC4(C)CC3CC(C)(C)C4)c2)cc1Cl. The van der Waals surface area contributed by atoms with Crippen LogP contribution in [0.2, 0.25) is 5.02 Å². The van der Waals surface area contributed by atoms with E-state index in [0.29, 0.717) is 17.9 Å². The number of benzene rings is 2. The van der Waals surface area contributed by atoms with E-state index in [9.17, 15) is 18.0 Å². The number of sulfonamides is 1. The summed E-state index contributed by atoms with van der Waals surface area (Å²) in [5.41, 5.74) is 0.893. The zero-order valence-corrected chi connectivity index (χ0v) is 24.7. The number of rotatable bonds is 8. The number of aryl methyl sites for hydroxylation is 1. The van der Waals surface area contributed by atoms with Gasteiger partial charge in [-0.2, -0.15) is 0 Å². The first-order valence-corrected chi connectivity index (χ1v) is 14.5. The first-order chi connectivity index (χ1) is 18.2. The molecular formula is C28H35ClN2O7S. The fourth-order valence-corrected chi connectivity index (χ4v) is 7.50. The van der Waals surface area contributed by atoms with Crippen LogP contribution in [0.5, 0.6) is 11.5 Å².